The second-order valence-electron chi connectivity index (χ2n) is 7.51. The van der Waals surface area contributed by atoms with Crippen LogP contribution in [0.15, 0.2) is 23.2 Å². The van der Waals surface area contributed by atoms with E-state index in [1.54, 1.807) is 21.3 Å². The van der Waals surface area contributed by atoms with Crippen molar-refractivity contribution >= 4 is 29.9 Å². The standard InChI is InChI=1S/C22H38N4O3.HI/c1-6-23-22(24-16-18-9-11-26(12-10-18)13-14-27-3)25(2)17-19-7-8-20(28-4)15-21(19)29-5;/h7-8,15,18H,6,9-14,16-17H2,1-5H3,(H,23,24);1H. The van der Waals surface area contributed by atoms with Crippen LogP contribution in [0.1, 0.15) is 25.3 Å². The monoisotopic (exact) mass is 534 g/mol. The summed E-state index contributed by atoms with van der Waals surface area (Å²) < 4.78 is 16.0. The number of rotatable bonds is 10. The minimum Gasteiger partial charge on any atom is -0.497 e. The molecule has 1 N–H and O–H groups in total. The number of likely N-dealkylation sites (tertiary alicyclic amines) is 1. The molecule has 1 aliphatic heterocycles. The van der Waals surface area contributed by atoms with Crippen LogP contribution >= 0.6 is 24.0 Å². The first-order valence-electron chi connectivity index (χ1n) is 10.5. The number of hydrogen-bond acceptors (Lipinski definition) is 5. The zero-order chi connectivity index (χ0) is 21.1. The van der Waals surface area contributed by atoms with Crippen LogP contribution in [0.3, 0.4) is 0 Å². The molecular formula is C22H39IN4O3. The van der Waals surface area contributed by atoms with E-state index in [2.05, 4.69) is 29.1 Å². The molecule has 7 nitrogen and oxygen atoms in total. The Morgan fingerprint density at radius 1 is 1.20 bits per heavy atom. The number of methoxy groups -OCH3 is 3. The summed E-state index contributed by atoms with van der Waals surface area (Å²) in [6, 6.07) is 5.94. The van der Waals surface area contributed by atoms with E-state index in [0.717, 1.165) is 62.4 Å². The van der Waals surface area contributed by atoms with Gasteiger partial charge in [0.25, 0.3) is 0 Å². The van der Waals surface area contributed by atoms with Crippen LogP contribution in [0.4, 0.5) is 0 Å². The summed E-state index contributed by atoms with van der Waals surface area (Å²) in [6.45, 7) is 8.65. The van der Waals surface area contributed by atoms with Gasteiger partial charge in [0, 0.05) is 52.0 Å². The molecule has 2 rings (SSSR count). The molecule has 0 atom stereocenters. The van der Waals surface area contributed by atoms with Crippen LogP contribution in [0.25, 0.3) is 0 Å². The van der Waals surface area contributed by atoms with E-state index in [4.69, 9.17) is 19.2 Å². The zero-order valence-corrected chi connectivity index (χ0v) is 21.5. The Morgan fingerprint density at radius 3 is 2.53 bits per heavy atom. The van der Waals surface area contributed by atoms with Crippen LogP contribution in [0.2, 0.25) is 0 Å². The molecule has 172 valence electrons. The molecule has 1 saturated heterocycles. The van der Waals surface area contributed by atoms with Crippen molar-refractivity contribution in [2.75, 3.05) is 67.7 Å². The van der Waals surface area contributed by atoms with Gasteiger partial charge in [0.15, 0.2) is 5.96 Å². The molecule has 0 amide bonds. The first-order valence-corrected chi connectivity index (χ1v) is 10.5. The van der Waals surface area contributed by atoms with E-state index in [1.165, 1.54) is 12.8 Å². The summed E-state index contributed by atoms with van der Waals surface area (Å²) in [4.78, 5) is 9.57. The predicted octanol–water partition coefficient (Wildman–Crippen LogP) is 3.08. The normalized spacial score (nSPS) is 15.4. The molecule has 0 spiro atoms. The number of nitrogens with one attached hydrogen (secondary N) is 1. The summed E-state index contributed by atoms with van der Waals surface area (Å²) in [5.74, 6) is 3.21. The van der Waals surface area contributed by atoms with Gasteiger partial charge >= 0.3 is 0 Å². The van der Waals surface area contributed by atoms with Crippen molar-refractivity contribution in [3.05, 3.63) is 23.8 Å². The number of ether oxygens (including phenoxy) is 3. The fourth-order valence-corrected chi connectivity index (χ4v) is 3.61. The van der Waals surface area contributed by atoms with Crippen molar-refractivity contribution in [2.45, 2.75) is 26.3 Å². The van der Waals surface area contributed by atoms with Crippen molar-refractivity contribution in [1.82, 2.24) is 15.1 Å². The maximum atomic E-state index is 5.54. The Hall–Kier alpha value is -1.26. The molecule has 1 fully saturated rings. The molecule has 0 radical (unpaired) electrons. The van der Waals surface area contributed by atoms with E-state index in [0.29, 0.717) is 12.5 Å². The number of benzene rings is 1. The highest BCUT2D eigenvalue weighted by Gasteiger charge is 2.19. The Balaban J connectivity index is 0.00000450. The Kier molecular flexibility index (Phi) is 13.1. The molecule has 0 unspecified atom stereocenters. The zero-order valence-electron chi connectivity index (χ0n) is 19.1. The Morgan fingerprint density at radius 2 is 1.93 bits per heavy atom. The van der Waals surface area contributed by atoms with Gasteiger partial charge in [-0.2, -0.15) is 0 Å². The van der Waals surface area contributed by atoms with Gasteiger partial charge in [0.1, 0.15) is 11.5 Å². The average Bonchev–Trinajstić information content (AvgIpc) is 2.76. The van der Waals surface area contributed by atoms with E-state index in [-0.39, 0.29) is 24.0 Å². The maximum absolute atomic E-state index is 5.54. The highest BCUT2D eigenvalue weighted by atomic mass is 127. The van der Waals surface area contributed by atoms with Crippen molar-refractivity contribution in [2.24, 2.45) is 10.9 Å². The van der Waals surface area contributed by atoms with Crippen molar-refractivity contribution in [3.8, 4) is 11.5 Å². The molecule has 0 bridgehead atoms. The summed E-state index contributed by atoms with van der Waals surface area (Å²) in [5, 5.41) is 3.42. The van der Waals surface area contributed by atoms with Gasteiger partial charge in [-0.15, -0.1) is 24.0 Å². The third-order valence-corrected chi connectivity index (χ3v) is 5.42. The fourth-order valence-electron chi connectivity index (χ4n) is 3.61. The minimum absolute atomic E-state index is 0. The number of hydrogen-bond donors (Lipinski definition) is 1. The van der Waals surface area contributed by atoms with Crippen LogP contribution in [-0.2, 0) is 11.3 Å². The first kappa shape index (κ1) is 26.8. The maximum Gasteiger partial charge on any atom is 0.193 e. The van der Waals surface area contributed by atoms with Crippen molar-refractivity contribution < 1.29 is 14.2 Å². The quantitative estimate of drug-likeness (QED) is 0.283. The Bertz CT molecular complexity index is 637. The SMILES string of the molecule is CCNC(=NCC1CCN(CCOC)CC1)N(C)Cc1ccc(OC)cc1OC.I. The number of halogens is 1. The highest BCUT2D eigenvalue weighted by Crippen LogP contribution is 2.25. The molecule has 0 aromatic heterocycles. The van der Waals surface area contributed by atoms with Gasteiger partial charge in [-0.05, 0) is 50.9 Å². The lowest BCUT2D eigenvalue weighted by molar-refractivity contribution is 0.121. The average molecular weight is 534 g/mol. The molecule has 30 heavy (non-hydrogen) atoms. The second kappa shape index (κ2) is 14.7. The van der Waals surface area contributed by atoms with Crippen molar-refractivity contribution in [1.29, 1.82) is 0 Å². The molecule has 0 saturated carbocycles. The first-order chi connectivity index (χ1) is 14.1. The van der Waals surface area contributed by atoms with Gasteiger partial charge < -0.3 is 29.3 Å². The van der Waals surface area contributed by atoms with Crippen LogP contribution < -0.4 is 14.8 Å². The third-order valence-electron chi connectivity index (χ3n) is 5.42. The lowest BCUT2D eigenvalue weighted by atomic mass is 9.97. The largest absolute Gasteiger partial charge is 0.497 e. The van der Waals surface area contributed by atoms with E-state index in [1.807, 2.05) is 18.2 Å². The highest BCUT2D eigenvalue weighted by molar-refractivity contribution is 14.0. The lowest BCUT2D eigenvalue weighted by Crippen LogP contribution is -2.40. The van der Waals surface area contributed by atoms with E-state index >= 15 is 0 Å². The predicted molar refractivity (Wildman–Crippen MR) is 133 cm³/mol. The van der Waals surface area contributed by atoms with Gasteiger partial charge in [-0.3, -0.25) is 4.99 Å². The molecule has 0 aliphatic carbocycles. The Labute approximate surface area is 199 Å². The molecule has 8 heteroatoms. The molecule has 1 aromatic rings. The smallest absolute Gasteiger partial charge is 0.193 e. The fraction of sp³-hybridized carbons (Fsp3) is 0.682. The van der Waals surface area contributed by atoms with Gasteiger partial charge in [0.2, 0.25) is 0 Å². The number of nitrogens with zero attached hydrogens (tertiary/aromatic N) is 3. The van der Waals surface area contributed by atoms with E-state index in [9.17, 15) is 0 Å². The van der Waals surface area contributed by atoms with Gasteiger partial charge in [-0.25, -0.2) is 0 Å². The van der Waals surface area contributed by atoms with Crippen LogP contribution in [-0.4, -0.2) is 83.5 Å². The summed E-state index contributed by atoms with van der Waals surface area (Å²) in [7, 11) is 7.19. The van der Waals surface area contributed by atoms with Crippen LogP contribution in [0, 0.1) is 5.92 Å². The summed E-state index contributed by atoms with van der Waals surface area (Å²) in [6.07, 6.45) is 2.39. The molecule has 1 heterocycles. The topological polar surface area (TPSA) is 58.6 Å². The van der Waals surface area contributed by atoms with Gasteiger partial charge in [-0.1, -0.05) is 0 Å². The number of piperidine rings is 1. The van der Waals surface area contributed by atoms with Crippen molar-refractivity contribution in [3.63, 3.8) is 0 Å². The van der Waals surface area contributed by atoms with E-state index < -0.39 is 0 Å². The number of aliphatic imine (C=N–C) groups is 1. The molecular weight excluding hydrogens is 495 g/mol. The minimum atomic E-state index is 0. The third kappa shape index (κ3) is 8.47. The van der Waals surface area contributed by atoms with Gasteiger partial charge in [0.05, 0.1) is 20.8 Å². The lowest BCUT2D eigenvalue weighted by Gasteiger charge is -2.31. The molecule has 1 aromatic carbocycles. The summed E-state index contributed by atoms with van der Waals surface area (Å²) >= 11 is 0. The second-order valence-corrected chi connectivity index (χ2v) is 7.51. The number of guanidine groups is 1. The molecule has 1 aliphatic rings. The van der Waals surface area contributed by atoms with Crippen LogP contribution in [0.5, 0.6) is 11.5 Å². The summed E-state index contributed by atoms with van der Waals surface area (Å²) in [5.41, 5.74) is 1.10.